The minimum absolute atomic E-state index is 0.0887. The molecule has 0 unspecified atom stereocenters. The van der Waals surface area contributed by atoms with Gasteiger partial charge in [0, 0.05) is 0 Å². The van der Waals surface area contributed by atoms with E-state index in [-0.39, 0.29) is 18.0 Å². The van der Waals surface area contributed by atoms with Gasteiger partial charge in [0.2, 0.25) is 5.88 Å². The average molecular weight is 319 g/mol. The van der Waals surface area contributed by atoms with Crippen LogP contribution in [0.15, 0.2) is 5.38 Å². The Morgan fingerprint density at radius 3 is 2.63 bits per heavy atom. The van der Waals surface area contributed by atoms with Crippen molar-refractivity contribution < 1.29 is 35.3 Å². The Morgan fingerprint density at radius 2 is 2.11 bits per heavy atom. The quantitative estimate of drug-likeness (QED) is 0.464. The molecule has 0 spiro atoms. The van der Waals surface area contributed by atoms with Crippen molar-refractivity contribution in [2.45, 2.75) is 18.9 Å². The summed E-state index contributed by atoms with van der Waals surface area (Å²) in [5.74, 6) is -1.36. The zero-order chi connectivity index (χ0) is 14.7. The maximum atomic E-state index is 12.0. The molecule has 0 aromatic carbocycles. The van der Waals surface area contributed by atoms with E-state index in [1.54, 1.807) is 6.92 Å². The monoisotopic (exact) mass is 319 g/mol. The van der Waals surface area contributed by atoms with Gasteiger partial charge < -0.3 is 8.92 Å². The molecule has 1 aromatic heterocycles. The lowest BCUT2D eigenvalue weighted by Crippen LogP contribution is -2.28. The van der Waals surface area contributed by atoms with Crippen LogP contribution in [0.2, 0.25) is 0 Å². The SMILES string of the molecule is CCOC(=O)Cc1nc(OS(=O)(=O)C(F)(F)F)cs1. The molecule has 11 heteroatoms. The van der Waals surface area contributed by atoms with Crippen molar-refractivity contribution >= 4 is 27.4 Å². The molecule has 0 aliphatic rings. The lowest BCUT2D eigenvalue weighted by molar-refractivity contribution is -0.142. The molecule has 0 saturated heterocycles. The van der Waals surface area contributed by atoms with Gasteiger partial charge in [0.1, 0.15) is 5.01 Å². The summed E-state index contributed by atoms with van der Waals surface area (Å²) in [4.78, 5) is 14.5. The number of esters is 1. The number of carbonyl (C=O) groups is 1. The fraction of sp³-hybridized carbons (Fsp3) is 0.500. The Bertz CT molecular complexity index is 551. The third-order valence-corrected chi connectivity index (χ3v) is 3.39. The molecule has 19 heavy (non-hydrogen) atoms. The van der Waals surface area contributed by atoms with Crippen molar-refractivity contribution in [3.05, 3.63) is 10.4 Å². The highest BCUT2D eigenvalue weighted by Crippen LogP contribution is 2.27. The third kappa shape index (κ3) is 4.35. The first-order chi connectivity index (χ1) is 8.65. The van der Waals surface area contributed by atoms with Crippen LogP contribution in [0, 0.1) is 0 Å². The van der Waals surface area contributed by atoms with Gasteiger partial charge in [-0.2, -0.15) is 21.6 Å². The minimum atomic E-state index is -5.75. The largest absolute Gasteiger partial charge is 0.534 e. The van der Waals surface area contributed by atoms with Crippen LogP contribution in [0.3, 0.4) is 0 Å². The second-order valence-electron chi connectivity index (χ2n) is 3.04. The Hall–Kier alpha value is -1.36. The molecule has 108 valence electrons. The normalized spacial score (nSPS) is 12.2. The number of nitrogens with zero attached hydrogens (tertiary/aromatic N) is 1. The van der Waals surface area contributed by atoms with E-state index in [2.05, 4.69) is 13.9 Å². The number of alkyl halides is 3. The highest BCUT2D eigenvalue weighted by molar-refractivity contribution is 7.88. The van der Waals surface area contributed by atoms with Crippen LogP contribution in [0.4, 0.5) is 13.2 Å². The molecule has 0 atom stereocenters. The van der Waals surface area contributed by atoms with Crippen molar-refractivity contribution in [3.63, 3.8) is 0 Å². The minimum Gasteiger partial charge on any atom is -0.466 e. The Kier molecular flexibility index (Phi) is 4.74. The maximum Gasteiger partial charge on any atom is 0.534 e. The van der Waals surface area contributed by atoms with Gasteiger partial charge in [0.05, 0.1) is 18.4 Å². The number of carbonyl (C=O) groups excluding carboxylic acids is 1. The van der Waals surface area contributed by atoms with Gasteiger partial charge in [-0.05, 0) is 6.92 Å². The van der Waals surface area contributed by atoms with E-state index in [1.807, 2.05) is 0 Å². The van der Waals surface area contributed by atoms with Crippen LogP contribution in [0.25, 0.3) is 0 Å². The van der Waals surface area contributed by atoms with Crippen LogP contribution >= 0.6 is 11.3 Å². The molecule has 1 rings (SSSR count). The number of aromatic nitrogens is 1. The van der Waals surface area contributed by atoms with E-state index >= 15 is 0 Å². The van der Waals surface area contributed by atoms with Gasteiger partial charge in [0.15, 0.2) is 0 Å². The predicted octanol–water partition coefficient (Wildman–Crippen LogP) is 1.48. The number of thiazole rings is 1. The highest BCUT2D eigenvalue weighted by Gasteiger charge is 2.49. The zero-order valence-electron chi connectivity index (χ0n) is 9.43. The number of hydrogen-bond donors (Lipinski definition) is 0. The lowest BCUT2D eigenvalue weighted by atomic mass is 10.4. The van der Waals surface area contributed by atoms with E-state index in [9.17, 15) is 26.4 Å². The molecule has 0 fully saturated rings. The fourth-order valence-electron chi connectivity index (χ4n) is 0.909. The molecule has 6 nitrogen and oxygen atoms in total. The first-order valence-electron chi connectivity index (χ1n) is 4.76. The molecule has 0 N–H and O–H groups in total. The molecular weight excluding hydrogens is 311 g/mol. The average Bonchev–Trinajstić information content (AvgIpc) is 2.63. The van der Waals surface area contributed by atoms with Crippen LogP contribution in [-0.4, -0.2) is 31.5 Å². The van der Waals surface area contributed by atoms with E-state index < -0.39 is 27.5 Å². The molecule has 1 aromatic rings. The van der Waals surface area contributed by atoms with E-state index in [0.29, 0.717) is 0 Å². The molecule has 0 radical (unpaired) electrons. The summed E-state index contributed by atoms with van der Waals surface area (Å²) in [6.07, 6.45) is -0.270. The van der Waals surface area contributed by atoms with Crippen LogP contribution < -0.4 is 4.18 Å². The lowest BCUT2D eigenvalue weighted by Gasteiger charge is -2.06. The summed E-state index contributed by atoms with van der Waals surface area (Å²) in [5, 5.41) is 1.04. The van der Waals surface area contributed by atoms with Gasteiger partial charge in [-0.1, -0.05) is 0 Å². The first kappa shape index (κ1) is 15.7. The molecule has 0 aliphatic heterocycles. The van der Waals surface area contributed by atoms with Crippen molar-refractivity contribution in [2.24, 2.45) is 0 Å². The van der Waals surface area contributed by atoms with E-state index in [0.717, 1.165) is 16.7 Å². The van der Waals surface area contributed by atoms with E-state index in [4.69, 9.17) is 0 Å². The standard InChI is InChI=1S/C8H8F3NO5S2/c1-2-16-7(13)3-6-12-5(4-18-6)17-19(14,15)8(9,10)11/h4H,2-3H2,1H3. The number of hydrogen-bond acceptors (Lipinski definition) is 7. The number of halogens is 3. The highest BCUT2D eigenvalue weighted by atomic mass is 32.2. The molecule has 0 amide bonds. The van der Waals surface area contributed by atoms with Crippen molar-refractivity contribution in [3.8, 4) is 5.88 Å². The summed E-state index contributed by atoms with van der Waals surface area (Å²) in [7, 11) is -5.75. The van der Waals surface area contributed by atoms with Gasteiger partial charge in [-0.3, -0.25) is 4.79 Å². The Balaban J connectivity index is 2.74. The van der Waals surface area contributed by atoms with Crippen molar-refractivity contribution in [2.75, 3.05) is 6.61 Å². The maximum absolute atomic E-state index is 12.0. The van der Waals surface area contributed by atoms with Gasteiger partial charge in [-0.25, -0.2) is 4.98 Å². The zero-order valence-corrected chi connectivity index (χ0v) is 11.1. The summed E-state index contributed by atoms with van der Waals surface area (Å²) in [5.41, 5.74) is -5.53. The summed E-state index contributed by atoms with van der Waals surface area (Å²) in [6, 6.07) is 0. The van der Waals surface area contributed by atoms with Gasteiger partial charge >= 0.3 is 21.6 Å². The van der Waals surface area contributed by atoms with Crippen LogP contribution in [0.1, 0.15) is 11.9 Å². The Morgan fingerprint density at radius 1 is 1.47 bits per heavy atom. The molecule has 0 bridgehead atoms. The van der Waals surface area contributed by atoms with Gasteiger partial charge in [-0.15, -0.1) is 11.3 Å². The number of rotatable bonds is 5. The van der Waals surface area contributed by atoms with E-state index in [1.165, 1.54) is 0 Å². The number of ether oxygens (including phenoxy) is 1. The van der Waals surface area contributed by atoms with Crippen molar-refractivity contribution in [1.82, 2.24) is 4.98 Å². The van der Waals surface area contributed by atoms with Crippen molar-refractivity contribution in [1.29, 1.82) is 0 Å². The summed E-state index contributed by atoms with van der Waals surface area (Å²) >= 11 is 0.786. The van der Waals surface area contributed by atoms with Crippen LogP contribution in [-0.2, 0) is 26.1 Å². The molecule has 0 aliphatic carbocycles. The predicted molar refractivity (Wildman–Crippen MR) is 58.1 cm³/mol. The summed E-state index contributed by atoms with van der Waals surface area (Å²) in [6.45, 7) is 1.74. The topological polar surface area (TPSA) is 82.6 Å². The second-order valence-corrected chi connectivity index (χ2v) is 5.52. The molecule has 1 heterocycles. The first-order valence-corrected chi connectivity index (χ1v) is 7.05. The smallest absolute Gasteiger partial charge is 0.466 e. The third-order valence-electron chi connectivity index (χ3n) is 1.61. The van der Waals surface area contributed by atoms with Crippen LogP contribution in [0.5, 0.6) is 5.88 Å². The molecular formula is C8H8F3NO5S2. The fourth-order valence-corrected chi connectivity index (χ4v) is 2.06. The molecule has 0 saturated carbocycles. The van der Waals surface area contributed by atoms with Gasteiger partial charge in [0.25, 0.3) is 0 Å². The second kappa shape index (κ2) is 5.74. The summed E-state index contributed by atoms with van der Waals surface area (Å²) < 4.78 is 65.8. The Labute approximate surface area is 110 Å².